The molecular formula is C25H30F3N7O. The van der Waals surface area contributed by atoms with E-state index in [1.165, 1.54) is 6.92 Å². The van der Waals surface area contributed by atoms with Gasteiger partial charge in [-0.25, -0.2) is 28.1 Å². The van der Waals surface area contributed by atoms with E-state index in [2.05, 4.69) is 39.1 Å². The smallest absolute Gasteiger partial charge is 0.227 e. The molecule has 0 radical (unpaired) electrons. The largest absolute Gasteiger partial charge is 0.390 e. The van der Waals surface area contributed by atoms with Crippen LogP contribution in [0, 0.1) is 0 Å². The number of rotatable bonds is 5. The Balaban J connectivity index is 1.44. The Morgan fingerprint density at radius 2 is 1.81 bits per heavy atom. The molecule has 0 spiro atoms. The highest BCUT2D eigenvalue weighted by molar-refractivity contribution is 5.95. The molecule has 192 valence electrons. The summed E-state index contributed by atoms with van der Waals surface area (Å²) in [6.45, 7) is 5.85. The van der Waals surface area contributed by atoms with E-state index >= 15 is 0 Å². The fourth-order valence-electron chi connectivity index (χ4n) is 4.83. The first-order valence-corrected chi connectivity index (χ1v) is 12.2. The molecule has 0 aromatic carbocycles. The van der Waals surface area contributed by atoms with Gasteiger partial charge < -0.3 is 20.2 Å². The zero-order valence-electron chi connectivity index (χ0n) is 20.5. The maximum atomic E-state index is 14.7. The number of pyridine rings is 2. The van der Waals surface area contributed by atoms with Gasteiger partial charge >= 0.3 is 0 Å². The summed E-state index contributed by atoms with van der Waals surface area (Å²) in [6.07, 6.45) is 1.20. The predicted molar refractivity (Wildman–Crippen MR) is 133 cm³/mol. The van der Waals surface area contributed by atoms with Crippen LogP contribution in [-0.4, -0.2) is 75.3 Å². The summed E-state index contributed by atoms with van der Waals surface area (Å²) < 4.78 is 42.4. The topological polar surface area (TPSA) is 90.3 Å². The van der Waals surface area contributed by atoms with Crippen LogP contribution in [0.4, 0.5) is 36.6 Å². The van der Waals surface area contributed by atoms with Gasteiger partial charge in [-0.05, 0) is 42.3 Å². The Kier molecular flexibility index (Phi) is 6.36. The monoisotopic (exact) mass is 501 g/mol. The molecule has 0 aliphatic carbocycles. The molecular weight excluding hydrogens is 471 g/mol. The van der Waals surface area contributed by atoms with Crippen molar-refractivity contribution in [2.24, 2.45) is 0 Å². The van der Waals surface area contributed by atoms with Crippen molar-refractivity contribution in [3.8, 4) is 0 Å². The van der Waals surface area contributed by atoms with Gasteiger partial charge in [0.05, 0.1) is 25.7 Å². The normalized spacial score (nSPS) is 26.7. The van der Waals surface area contributed by atoms with Crippen LogP contribution in [0.1, 0.15) is 38.7 Å². The average Bonchev–Trinajstić information content (AvgIpc) is 3.17. The highest BCUT2D eigenvalue weighted by atomic mass is 19.2. The van der Waals surface area contributed by atoms with E-state index in [-0.39, 0.29) is 32.0 Å². The van der Waals surface area contributed by atoms with Crippen molar-refractivity contribution >= 4 is 34.2 Å². The summed E-state index contributed by atoms with van der Waals surface area (Å²) in [5, 5.41) is 14.7. The molecule has 2 fully saturated rings. The maximum Gasteiger partial charge on any atom is 0.227 e. The number of halogens is 3. The number of anilines is 4. The second-order valence-corrected chi connectivity index (χ2v) is 10.1. The van der Waals surface area contributed by atoms with Crippen molar-refractivity contribution in [3.05, 3.63) is 36.3 Å². The fraction of sp³-hybridized carbons (Fsp3) is 0.520. The van der Waals surface area contributed by atoms with Crippen LogP contribution in [0.5, 0.6) is 0 Å². The Labute approximate surface area is 207 Å². The lowest BCUT2D eigenvalue weighted by Gasteiger charge is -2.38. The van der Waals surface area contributed by atoms with Crippen LogP contribution in [0.25, 0.3) is 10.8 Å². The second-order valence-electron chi connectivity index (χ2n) is 10.1. The van der Waals surface area contributed by atoms with Gasteiger partial charge in [-0.3, -0.25) is 0 Å². The van der Waals surface area contributed by atoms with Gasteiger partial charge in [0.2, 0.25) is 5.95 Å². The molecule has 5 rings (SSSR count). The molecule has 3 aromatic heterocycles. The Morgan fingerprint density at radius 1 is 1.06 bits per heavy atom. The van der Waals surface area contributed by atoms with Gasteiger partial charge in [0.25, 0.3) is 0 Å². The van der Waals surface area contributed by atoms with Crippen molar-refractivity contribution in [1.29, 1.82) is 0 Å². The minimum Gasteiger partial charge on any atom is -0.390 e. The highest BCUT2D eigenvalue weighted by Crippen LogP contribution is 2.35. The SMILES string of the molecule is CC(C)c1cnc(N2C[C@H](F)[C@@H](F)C2)c2cnc(Nc3ccnc(N4CC[C@@H](O)[C@@](C)(F)C4)n3)cc12. The molecule has 2 saturated heterocycles. The summed E-state index contributed by atoms with van der Waals surface area (Å²) >= 11 is 0. The predicted octanol–water partition coefficient (Wildman–Crippen LogP) is 4.08. The first-order valence-electron chi connectivity index (χ1n) is 12.2. The standard InChI is InChI=1S/C25H30F3N7O/c1-14(2)16-9-31-23(35-11-18(26)19(27)12-35)17-10-30-22(8-15(16)17)32-21-4-6-29-24(33-21)34-7-5-20(36)25(3,28)13-34/h4,6,8-10,14,18-20,36H,5,7,11-13H2,1-3H3,(H,29,30,32,33)/t18-,19-,20+,25-/m0/s1. The van der Waals surface area contributed by atoms with Crippen LogP contribution < -0.4 is 15.1 Å². The van der Waals surface area contributed by atoms with Gasteiger partial charge in [0.1, 0.15) is 17.5 Å². The van der Waals surface area contributed by atoms with Crippen molar-refractivity contribution < 1.29 is 18.3 Å². The number of nitrogens with one attached hydrogen (secondary N) is 1. The zero-order valence-corrected chi connectivity index (χ0v) is 20.5. The van der Waals surface area contributed by atoms with E-state index in [4.69, 9.17) is 0 Å². The third-order valence-electron chi connectivity index (χ3n) is 6.93. The first kappa shape index (κ1) is 24.5. The molecule has 36 heavy (non-hydrogen) atoms. The lowest BCUT2D eigenvalue weighted by atomic mass is 9.94. The van der Waals surface area contributed by atoms with Gasteiger partial charge in [0, 0.05) is 30.5 Å². The van der Waals surface area contributed by atoms with Gasteiger partial charge in [-0.2, -0.15) is 4.98 Å². The molecule has 0 unspecified atom stereocenters. The van der Waals surface area contributed by atoms with Crippen LogP contribution in [0.3, 0.4) is 0 Å². The Hall–Kier alpha value is -3.21. The summed E-state index contributed by atoms with van der Waals surface area (Å²) in [7, 11) is 0. The van der Waals surface area contributed by atoms with E-state index in [0.29, 0.717) is 29.9 Å². The molecule has 5 heterocycles. The molecule has 4 atom stereocenters. The van der Waals surface area contributed by atoms with Crippen molar-refractivity contribution in [2.45, 2.75) is 57.2 Å². The number of hydrogen-bond acceptors (Lipinski definition) is 8. The first-order chi connectivity index (χ1) is 17.1. The molecule has 2 aliphatic rings. The Morgan fingerprint density at radius 3 is 2.50 bits per heavy atom. The lowest BCUT2D eigenvalue weighted by molar-refractivity contribution is -0.00860. The van der Waals surface area contributed by atoms with Crippen LogP contribution in [0.2, 0.25) is 0 Å². The minimum absolute atomic E-state index is 0.00462. The van der Waals surface area contributed by atoms with Crippen molar-refractivity contribution in [2.75, 3.05) is 41.3 Å². The van der Waals surface area contributed by atoms with Crippen LogP contribution >= 0.6 is 0 Å². The summed E-state index contributed by atoms with van der Waals surface area (Å²) in [5.74, 6) is 2.06. The number of nitrogens with zero attached hydrogens (tertiary/aromatic N) is 6. The van der Waals surface area contributed by atoms with E-state index in [9.17, 15) is 18.3 Å². The number of hydrogen-bond donors (Lipinski definition) is 2. The van der Waals surface area contributed by atoms with E-state index in [1.807, 2.05) is 6.07 Å². The third kappa shape index (κ3) is 4.63. The molecule has 3 aromatic rings. The Bertz CT molecular complexity index is 1250. The molecule has 11 heteroatoms. The number of aliphatic hydroxyl groups excluding tert-OH is 1. The molecule has 0 bridgehead atoms. The fourth-order valence-corrected chi connectivity index (χ4v) is 4.83. The van der Waals surface area contributed by atoms with Crippen LogP contribution in [-0.2, 0) is 0 Å². The van der Waals surface area contributed by atoms with Gasteiger partial charge in [0.15, 0.2) is 18.0 Å². The number of fused-ring (bicyclic) bond motifs is 1. The van der Waals surface area contributed by atoms with Crippen molar-refractivity contribution in [3.63, 3.8) is 0 Å². The number of aromatic nitrogens is 4. The minimum atomic E-state index is -1.75. The van der Waals surface area contributed by atoms with Gasteiger partial charge in [-0.1, -0.05) is 13.8 Å². The number of alkyl halides is 3. The molecule has 2 aliphatic heterocycles. The summed E-state index contributed by atoms with van der Waals surface area (Å²) in [5.41, 5.74) is -0.756. The molecule has 0 saturated carbocycles. The number of piperidine rings is 1. The second kappa shape index (κ2) is 9.34. The lowest BCUT2D eigenvalue weighted by Crippen LogP contribution is -2.52. The zero-order chi connectivity index (χ0) is 25.6. The van der Waals surface area contributed by atoms with Crippen LogP contribution in [0.15, 0.2) is 30.7 Å². The number of aliphatic hydroxyl groups is 1. The molecule has 2 N–H and O–H groups in total. The third-order valence-corrected chi connectivity index (χ3v) is 6.93. The summed E-state index contributed by atoms with van der Waals surface area (Å²) in [4.78, 5) is 21.2. The summed E-state index contributed by atoms with van der Waals surface area (Å²) in [6, 6.07) is 3.57. The van der Waals surface area contributed by atoms with E-state index in [0.717, 1.165) is 16.3 Å². The molecule has 0 amide bonds. The van der Waals surface area contributed by atoms with Crippen molar-refractivity contribution in [1.82, 2.24) is 19.9 Å². The van der Waals surface area contributed by atoms with E-state index < -0.39 is 24.1 Å². The average molecular weight is 502 g/mol. The quantitative estimate of drug-likeness (QED) is 0.541. The van der Waals surface area contributed by atoms with E-state index in [1.54, 1.807) is 34.5 Å². The van der Waals surface area contributed by atoms with Gasteiger partial charge in [-0.15, -0.1) is 0 Å². The maximum absolute atomic E-state index is 14.7. The molecule has 8 nitrogen and oxygen atoms in total. The highest BCUT2D eigenvalue weighted by Gasteiger charge is 2.40.